The molecule has 2 aliphatic rings. The molecule has 9 nitrogen and oxygen atoms in total. The van der Waals surface area contributed by atoms with Crippen LogP contribution in [-0.4, -0.2) is 67.2 Å². The summed E-state index contributed by atoms with van der Waals surface area (Å²) >= 11 is 0. The molecular formula is C30H37FN4O5. The minimum absolute atomic E-state index is 0.0684. The predicted octanol–water partition coefficient (Wildman–Crippen LogP) is 3.39. The summed E-state index contributed by atoms with van der Waals surface area (Å²) in [5.74, 6) is -0.160. The van der Waals surface area contributed by atoms with Gasteiger partial charge in [0.25, 0.3) is 0 Å². The van der Waals surface area contributed by atoms with E-state index in [0.717, 1.165) is 11.1 Å². The number of carbonyl (C=O) groups excluding carboxylic acids is 3. The number of hydrogen-bond donors (Lipinski definition) is 3. The summed E-state index contributed by atoms with van der Waals surface area (Å²) in [5, 5.41) is 9.34. The Kier molecular flexibility index (Phi) is 10.1. The van der Waals surface area contributed by atoms with Gasteiger partial charge in [0.05, 0.1) is 6.61 Å². The number of nitrogens with one attached hydrogen (secondary N) is 3. The number of piperidine rings is 2. The molecular weight excluding hydrogens is 515 g/mol. The van der Waals surface area contributed by atoms with Gasteiger partial charge < -0.3 is 30.3 Å². The molecule has 0 aliphatic carbocycles. The summed E-state index contributed by atoms with van der Waals surface area (Å²) in [6.45, 7) is 4.71. The second-order valence-corrected chi connectivity index (χ2v) is 10.1. The van der Waals surface area contributed by atoms with E-state index in [1.54, 1.807) is 42.2 Å². The van der Waals surface area contributed by atoms with Crippen molar-refractivity contribution in [3.8, 4) is 5.75 Å². The molecule has 0 unspecified atom stereocenters. The summed E-state index contributed by atoms with van der Waals surface area (Å²) in [5.41, 5.74) is 0.671. The van der Waals surface area contributed by atoms with Crippen LogP contribution in [-0.2, 0) is 20.9 Å². The molecule has 0 spiro atoms. The van der Waals surface area contributed by atoms with E-state index in [9.17, 15) is 18.8 Å². The Morgan fingerprint density at radius 3 is 2.38 bits per heavy atom. The van der Waals surface area contributed by atoms with Crippen molar-refractivity contribution >= 4 is 24.0 Å². The highest BCUT2D eigenvalue weighted by atomic mass is 19.1. The quantitative estimate of drug-likeness (QED) is 0.412. The Labute approximate surface area is 234 Å². The van der Waals surface area contributed by atoms with Gasteiger partial charge in [-0.25, -0.2) is 9.18 Å². The molecule has 2 aliphatic heterocycles. The average molecular weight is 553 g/mol. The van der Waals surface area contributed by atoms with Crippen molar-refractivity contribution in [3.05, 3.63) is 71.6 Å². The van der Waals surface area contributed by atoms with E-state index in [2.05, 4.69) is 16.0 Å². The number of hydrogen-bond acceptors (Lipinski definition) is 6. The highest BCUT2D eigenvalue weighted by molar-refractivity contribution is 5.97. The van der Waals surface area contributed by atoms with E-state index in [4.69, 9.17) is 9.47 Å². The summed E-state index contributed by atoms with van der Waals surface area (Å²) in [7, 11) is 0. The van der Waals surface area contributed by atoms with Gasteiger partial charge in [-0.1, -0.05) is 24.3 Å². The fraction of sp³-hybridized carbons (Fsp3) is 0.433. The molecule has 0 saturated carbocycles. The Morgan fingerprint density at radius 2 is 1.73 bits per heavy atom. The van der Waals surface area contributed by atoms with Crippen LogP contribution in [0.4, 0.5) is 9.18 Å². The summed E-state index contributed by atoms with van der Waals surface area (Å²) in [4.78, 5) is 39.9. The van der Waals surface area contributed by atoms with E-state index in [-0.39, 0.29) is 29.8 Å². The summed E-state index contributed by atoms with van der Waals surface area (Å²) < 4.78 is 23.9. The molecule has 2 heterocycles. The number of nitrogens with zero attached hydrogens (tertiary/aromatic N) is 1. The number of likely N-dealkylation sites (tertiary alicyclic amines) is 1. The van der Waals surface area contributed by atoms with Crippen molar-refractivity contribution in [2.45, 2.75) is 50.8 Å². The lowest BCUT2D eigenvalue weighted by Gasteiger charge is -2.39. The van der Waals surface area contributed by atoms with Gasteiger partial charge in [-0.05, 0) is 87.2 Å². The fourth-order valence-corrected chi connectivity index (χ4v) is 4.88. The lowest BCUT2D eigenvalue weighted by atomic mass is 9.86. The first-order valence-electron chi connectivity index (χ1n) is 13.8. The SMILES string of the molecule is CCOC(=O)N1CCC(NC(=O)C2(NC(=O)/C=C/c3ccc(OCc4ccc(F)cc4)cc3)CCNCC2)CC1. The molecule has 2 fully saturated rings. The minimum atomic E-state index is -0.997. The van der Waals surface area contributed by atoms with Gasteiger partial charge in [-0.3, -0.25) is 9.59 Å². The average Bonchev–Trinajstić information content (AvgIpc) is 2.97. The Hall–Kier alpha value is -3.92. The zero-order valence-corrected chi connectivity index (χ0v) is 22.8. The molecule has 10 heteroatoms. The molecule has 2 saturated heterocycles. The monoisotopic (exact) mass is 552 g/mol. The number of halogens is 1. The first-order valence-corrected chi connectivity index (χ1v) is 13.8. The van der Waals surface area contributed by atoms with Crippen LogP contribution in [0.5, 0.6) is 5.75 Å². The lowest BCUT2D eigenvalue weighted by molar-refractivity contribution is -0.134. The van der Waals surface area contributed by atoms with E-state index in [0.29, 0.717) is 70.8 Å². The predicted molar refractivity (Wildman–Crippen MR) is 149 cm³/mol. The van der Waals surface area contributed by atoms with Crippen molar-refractivity contribution in [1.82, 2.24) is 20.9 Å². The topological polar surface area (TPSA) is 109 Å². The molecule has 4 rings (SSSR count). The first kappa shape index (κ1) is 29.1. The van der Waals surface area contributed by atoms with Crippen LogP contribution in [0.2, 0.25) is 0 Å². The van der Waals surface area contributed by atoms with Crippen LogP contribution < -0.4 is 20.7 Å². The van der Waals surface area contributed by atoms with Crippen LogP contribution in [0, 0.1) is 5.82 Å². The second kappa shape index (κ2) is 13.9. The third kappa shape index (κ3) is 8.05. The number of amides is 3. The largest absolute Gasteiger partial charge is 0.489 e. The zero-order chi connectivity index (χ0) is 28.4. The highest BCUT2D eigenvalue weighted by Crippen LogP contribution is 2.21. The molecule has 40 heavy (non-hydrogen) atoms. The van der Waals surface area contributed by atoms with Gasteiger partial charge in [0, 0.05) is 25.2 Å². The molecule has 0 bridgehead atoms. The van der Waals surface area contributed by atoms with Gasteiger partial charge in [0.1, 0.15) is 23.7 Å². The van der Waals surface area contributed by atoms with E-state index in [1.807, 2.05) is 12.1 Å². The molecule has 2 aromatic carbocycles. The lowest BCUT2D eigenvalue weighted by Crippen LogP contribution is -2.64. The number of ether oxygens (including phenoxy) is 2. The summed E-state index contributed by atoms with van der Waals surface area (Å²) in [6, 6.07) is 13.3. The van der Waals surface area contributed by atoms with Crippen molar-refractivity contribution < 1.29 is 28.2 Å². The third-order valence-corrected chi connectivity index (χ3v) is 7.24. The Balaban J connectivity index is 1.29. The molecule has 0 radical (unpaired) electrons. The maximum atomic E-state index is 13.4. The number of benzene rings is 2. The maximum absolute atomic E-state index is 13.4. The van der Waals surface area contributed by atoms with Gasteiger partial charge in [0.15, 0.2) is 0 Å². The van der Waals surface area contributed by atoms with Crippen LogP contribution in [0.1, 0.15) is 43.7 Å². The Morgan fingerprint density at radius 1 is 1.05 bits per heavy atom. The van der Waals surface area contributed by atoms with Gasteiger partial charge >= 0.3 is 6.09 Å². The third-order valence-electron chi connectivity index (χ3n) is 7.24. The van der Waals surface area contributed by atoms with Crippen molar-refractivity contribution in [3.63, 3.8) is 0 Å². The number of carbonyl (C=O) groups is 3. The molecule has 3 N–H and O–H groups in total. The normalized spacial score (nSPS) is 17.3. The molecule has 0 aromatic heterocycles. The number of rotatable bonds is 9. The smallest absolute Gasteiger partial charge is 0.409 e. The van der Waals surface area contributed by atoms with Crippen molar-refractivity contribution in [1.29, 1.82) is 0 Å². The van der Waals surface area contributed by atoms with E-state index < -0.39 is 5.54 Å². The standard InChI is InChI=1S/C30H37FN4O5/c1-2-39-29(38)35-19-13-25(14-20-35)33-28(37)30(15-17-32-18-16-30)34-27(36)12-7-22-5-10-26(11-6-22)40-21-23-3-8-24(31)9-4-23/h3-12,25,32H,2,13-21H2,1H3,(H,33,37)(H,34,36)/b12-7+. The second-order valence-electron chi connectivity index (χ2n) is 10.1. The Bertz CT molecular complexity index is 1170. The van der Waals surface area contributed by atoms with Crippen LogP contribution >= 0.6 is 0 Å². The molecule has 0 atom stereocenters. The maximum Gasteiger partial charge on any atom is 0.409 e. The van der Waals surface area contributed by atoms with Crippen molar-refractivity contribution in [2.24, 2.45) is 0 Å². The van der Waals surface area contributed by atoms with Crippen molar-refractivity contribution in [2.75, 3.05) is 32.8 Å². The first-order chi connectivity index (χ1) is 19.4. The molecule has 3 amide bonds. The van der Waals surface area contributed by atoms with Crippen LogP contribution in [0.3, 0.4) is 0 Å². The van der Waals surface area contributed by atoms with Crippen LogP contribution in [0.15, 0.2) is 54.6 Å². The van der Waals surface area contributed by atoms with Crippen LogP contribution in [0.25, 0.3) is 6.08 Å². The van der Waals surface area contributed by atoms with Gasteiger partial charge in [-0.15, -0.1) is 0 Å². The minimum Gasteiger partial charge on any atom is -0.489 e. The van der Waals surface area contributed by atoms with Gasteiger partial charge in [-0.2, -0.15) is 0 Å². The zero-order valence-electron chi connectivity index (χ0n) is 22.8. The highest BCUT2D eigenvalue weighted by Gasteiger charge is 2.41. The van der Waals surface area contributed by atoms with E-state index >= 15 is 0 Å². The fourth-order valence-electron chi connectivity index (χ4n) is 4.88. The summed E-state index contributed by atoms with van der Waals surface area (Å²) in [6.07, 6.45) is 5.04. The molecule has 2 aromatic rings. The van der Waals surface area contributed by atoms with E-state index in [1.165, 1.54) is 18.2 Å². The molecule has 214 valence electrons. The van der Waals surface area contributed by atoms with Gasteiger partial charge in [0.2, 0.25) is 11.8 Å².